The van der Waals surface area contributed by atoms with Crippen LogP contribution in [0, 0.1) is 0 Å². The molecule has 1 aromatic carbocycles. The molecule has 0 atom stereocenters. The van der Waals surface area contributed by atoms with Gasteiger partial charge in [-0.05, 0) is 18.2 Å². The Morgan fingerprint density at radius 2 is 1.95 bits per heavy atom. The van der Waals surface area contributed by atoms with Crippen LogP contribution in [-0.4, -0.2) is 19.3 Å². The van der Waals surface area contributed by atoms with E-state index >= 15 is 0 Å². The maximum atomic E-state index is 12.6. The van der Waals surface area contributed by atoms with E-state index in [4.69, 9.17) is 15.2 Å². The topological polar surface area (TPSA) is 44.5 Å². The summed E-state index contributed by atoms with van der Waals surface area (Å²) in [4.78, 5) is 0. The minimum Gasteiger partial charge on any atom is -0.490 e. The van der Waals surface area contributed by atoms with Crippen LogP contribution in [0.5, 0.6) is 5.75 Å². The summed E-state index contributed by atoms with van der Waals surface area (Å²) < 4.78 is 48.7. The third-order valence-corrected chi connectivity index (χ3v) is 3.07. The highest BCUT2D eigenvalue weighted by atomic mass is 19.4. The van der Waals surface area contributed by atoms with Crippen LogP contribution in [0.2, 0.25) is 0 Å². The van der Waals surface area contributed by atoms with E-state index in [1.54, 1.807) is 0 Å². The van der Waals surface area contributed by atoms with E-state index in [2.05, 4.69) is 0 Å². The molecular weight excluding hydrogens is 259 g/mol. The van der Waals surface area contributed by atoms with Crippen LogP contribution in [0.3, 0.4) is 0 Å². The number of alkyl halides is 3. The van der Waals surface area contributed by atoms with Gasteiger partial charge in [0.2, 0.25) is 0 Å². The minimum absolute atomic E-state index is 0.0163. The van der Waals surface area contributed by atoms with Gasteiger partial charge in [-0.3, -0.25) is 0 Å². The van der Waals surface area contributed by atoms with Crippen molar-refractivity contribution in [1.82, 2.24) is 0 Å². The molecule has 1 heterocycles. The van der Waals surface area contributed by atoms with Crippen molar-refractivity contribution in [3.63, 3.8) is 0 Å². The first kappa shape index (κ1) is 14.1. The van der Waals surface area contributed by atoms with Gasteiger partial charge in [-0.15, -0.1) is 0 Å². The van der Waals surface area contributed by atoms with Crippen molar-refractivity contribution in [3.8, 4) is 5.75 Å². The first-order chi connectivity index (χ1) is 9.00. The number of ether oxygens (including phenoxy) is 2. The molecule has 0 spiro atoms. The molecule has 0 saturated carbocycles. The molecule has 1 saturated heterocycles. The Hall–Kier alpha value is -1.27. The maximum absolute atomic E-state index is 12.6. The van der Waals surface area contributed by atoms with Gasteiger partial charge in [-0.2, -0.15) is 13.2 Å². The lowest BCUT2D eigenvalue weighted by molar-refractivity contribution is -0.137. The van der Waals surface area contributed by atoms with Crippen molar-refractivity contribution < 1.29 is 22.6 Å². The lowest BCUT2D eigenvalue weighted by Gasteiger charge is -2.24. The first-order valence-electron chi connectivity index (χ1n) is 6.15. The Morgan fingerprint density at radius 1 is 1.26 bits per heavy atom. The second kappa shape index (κ2) is 5.79. The zero-order valence-electron chi connectivity index (χ0n) is 10.4. The van der Waals surface area contributed by atoms with Crippen LogP contribution >= 0.6 is 0 Å². The number of halogens is 3. The summed E-state index contributed by atoms with van der Waals surface area (Å²) >= 11 is 0. The van der Waals surface area contributed by atoms with Crippen LogP contribution in [-0.2, 0) is 17.5 Å². The van der Waals surface area contributed by atoms with Crippen LogP contribution in [0.4, 0.5) is 13.2 Å². The molecule has 0 unspecified atom stereocenters. The van der Waals surface area contributed by atoms with Gasteiger partial charge >= 0.3 is 6.18 Å². The number of hydrogen-bond acceptors (Lipinski definition) is 3. The van der Waals surface area contributed by atoms with Crippen molar-refractivity contribution in [2.45, 2.75) is 31.7 Å². The summed E-state index contributed by atoms with van der Waals surface area (Å²) in [5.74, 6) is 0.433. The molecule has 1 fully saturated rings. The van der Waals surface area contributed by atoms with E-state index in [1.807, 2.05) is 0 Å². The van der Waals surface area contributed by atoms with Gasteiger partial charge < -0.3 is 15.2 Å². The third kappa shape index (κ3) is 3.61. The molecule has 1 aliphatic rings. The zero-order chi connectivity index (χ0) is 13.9. The Morgan fingerprint density at radius 3 is 2.53 bits per heavy atom. The van der Waals surface area contributed by atoms with E-state index in [0.29, 0.717) is 24.5 Å². The number of nitrogens with two attached hydrogens (primary N) is 1. The van der Waals surface area contributed by atoms with Crippen molar-refractivity contribution in [1.29, 1.82) is 0 Å². The van der Waals surface area contributed by atoms with Gasteiger partial charge in [0, 0.05) is 24.9 Å². The Bertz CT molecular complexity index is 428. The fraction of sp³-hybridized carbons (Fsp3) is 0.538. The second-order valence-corrected chi connectivity index (χ2v) is 4.45. The SMILES string of the molecule is NCc1cc(C(F)(F)F)ccc1OC1CCOCC1. The number of rotatable bonds is 3. The van der Waals surface area contributed by atoms with Gasteiger partial charge in [-0.1, -0.05) is 0 Å². The highest BCUT2D eigenvalue weighted by molar-refractivity contribution is 5.38. The van der Waals surface area contributed by atoms with Crippen molar-refractivity contribution in [2.75, 3.05) is 13.2 Å². The first-order valence-corrected chi connectivity index (χ1v) is 6.15. The van der Waals surface area contributed by atoms with Crippen molar-refractivity contribution >= 4 is 0 Å². The van der Waals surface area contributed by atoms with Gasteiger partial charge in [0.05, 0.1) is 18.8 Å². The van der Waals surface area contributed by atoms with E-state index in [-0.39, 0.29) is 12.6 Å². The average Bonchev–Trinajstić information content (AvgIpc) is 2.39. The molecule has 6 heteroatoms. The molecule has 3 nitrogen and oxygen atoms in total. The standard InChI is InChI=1S/C13H16F3NO2/c14-13(15,16)10-1-2-12(9(7-10)8-17)19-11-3-5-18-6-4-11/h1-2,7,11H,3-6,8,17H2. The van der Waals surface area contributed by atoms with Gasteiger partial charge in [0.15, 0.2) is 0 Å². The minimum atomic E-state index is -4.36. The molecule has 19 heavy (non-hydrogen) atoms. The van der Waals surface area contributed by atoms with Gasteiger partial charge in [0.1, 0.15) is 11.9 Å². The summed E-state index contributed by atoms with van der Waals surface area (Å²) in [7, 11) is 0. The molecule has 1 aliphatic heterocycles. The second-order valence-electron chi connectivity index (χ2n) is 4.45. The fourth-order valence-corrected chi connectivity index (χ4v) is 2.00. The van der Waals surface area contributed by atoms with Gasteiger partial charge in [-0.25, -0.2) is 0 Å². The predicted molar refractivity (Wildman–Crippen MR) is 63.8 cm³/mol. The van der Waals surface area contributed by atoms with E-state index < -0.39 is 11.7 Å². The Labute approximate surface area is 109 Å². The van der Waals surface area contributed by atoms with Gasteiger partial charge in [0.25, 0.3) is 0 Å². The molecule has 2 rings (SSSR count). The Balaban J connectivity index is 2.16. The van der Waals surface area contributed by atoms with E-state index in [0.717, 1.165) is 25.0 Å². The summed E-state index contributed by atoms with van der Waals surface area (Å²) in [6, 6.07) is 3.42. The van der Waals surface area contributed by atoms with E-state index in [1.165, 1.54) is 6.07 Å². The lowest BCUT2D eigenvalue weighted by Crippen LogP contribution is -2.26. The van der Waals surface area contributed by atoms with Crippen molar-refractivity contribution in [3.05, 3.63) is 29.3 Å². The van der Waals surface area contributed by atoms with Crippen LogP contribution in [0.1, 0.15) is 24.0 Å². The molecule has 0 radical (unpaired) electrons. The summed E-state index contributed by atoms with van der Waals surface area (Å²) in [6.07, 6.45) is -2.90. The summed E-state index contributed by atoms with van der Waals surface area (Å²) in [5.41, 5.74) is 5.17. The molecule has 0 aromatic heterocycles. The van der Waals surface area contributed by atoms with Crippen LogP contribution in [0.15, 0.2) is 18.2 Å². The highest BCUT2D eigenvalue weighted by Gasteiger charge is 2.31. The molecule has 2 N–H and O–H groups in total. The van der Waals surface area contributed by atoms with E-state index in [9.17, 15) is 13.2 Å². The highest BCUT2D eigenvalue weighted by Crippen LogP contribution is 2.33. The average molecular weight is 275 g/mol. The van der Waals surface area contributed by atoms with Crippen LogP contribution < -0.4 is 10.5 Å². The molecule has 1 aromatic rings. The monoisotopic (exact) mass is 275 g/mol. The summed E-state index contributed by atoms with van der Waals surface area (Å²) in [5, 5.41) is 0. The molecular formula is C13H16F3NO2. The normalized spacial score (nSPS) is 17.5. The largest absolute Gasteiger partial charge is 0.490 e. The maximum Gasteiger partial charge on any atom is 0.416 e. The molecule has 0 bridgehead atoms. The predicted octanol–water partition coefficient (Wildman–Crippen LogP) is 2.72. The molecule has 0 amide bonds. The van der Waals surface area contributed by atoms with Crippen LogP contribution in [0.25, 0.3) is 0 Å². The quantitative estimate of drug-likeness (QED) is 0.922. The lowest BCUT2D eigenvalue weighted by atomic mass is 10.1. The molecule has 0 aliphatic carbocycles. The zero-order valence-corrected chi connectivity index (χ0v) is 10.4. The van der Waals surface area contributed by atoms with Crippen molar-refractivity contribution in [2.24, 2.45) is 5.73 Å². The summed E-state index contributed by atoms with van der Waals surface area (Å²) in [6.45, 7) is 1.25. The fourth-order valence-electron chi connectivity index (χ4n) is 2.00. The smallest absolute Gasteiger partial charge is 0.416 e. The number of hydrogen-bond donors (Lipinski definition) is 1. The Kier molecular flexibility index (Phi) is 4.31. The molecule has 106 valence electrons. The number of benzene rings is 1. The third-order valence-electron chi connectivity index (χ3n) is 3.07.